The molecule has 148 valence electrons. The molecule has 1 fully saturated rings. The largest absolute Gasteiger partial charge is 0.416 e. The normalized spacial score (nSPS) is 17.3. The van der Waals surface area contributed by atoms with Gasteiger partial charge in [-0.05, 0) is 55.3 Å². The van der Waals surface area contributed by atoms with Crippen LogP contribution in [0.3, 0.4) is 0 Å². The van der Waals surface area contributed by atoms with Gasteiger partial charge in [0.1, 0.15) is 0 Å². The van der Waals surface area contributed by atoms with Gasteiger partial charge in [-0.25, -0.2) is 0 Å². The molecule has 4 nitrogen and oxygen atoms in total. The van der Waals surface area contributed by atoms with E-state index in [1.807, 2.05) is 0 Å². The number of benzene rings is 2. The van der Waals surface area contributed by atoms with Crippen molar-refractivity contribution in [2.45, 2.75) is 19.0 Å². The van der Waals surface area contributed by atoms with E-state index in [2.05, 4.69) is 5.32 Å². The number of alkyl halides is 3. The minimum Gasteiger partial charge on any atom is -0.338 e. The van der Waals surface area contributed by atoms with Crippen LogP contribution in [0, 0.1) is 5.92 Å². The Hall–Kier alpha value is -2.54. The van der Waals surface area contributed by atoms with Crippen LogP contribution >= 0.6 is 11.6 Å². The molecule has 0 unspecified atom stereocenters. The molecule has 1 saturated heterocycles. The van der Waals surface area contributed by atoms with Gasteiger partial charge in [0.15, 0.2) is 0 Å². The maximum Gasteiger partial charge on any atom is 0.416 e. The third-order valence-corrected chi connectivity index (χ3v) is 4.88. The van der Waals surface area contributed by atoms with Crippen LogP contribution in [0.2, 0.25) is 5.02 Å². The topological polar surface area (TPSA) is 49.4 Å². The van der Waals surface area contributed by atoms with Crippen LogP contribution in [0.1, 0.15) is 28.8 Å². The third kappa shape index (κ3) is 4.84. The fourth-order valence-electron chi connectivity index (χ4n) is 3.16. The van der Waals surface area contributed by atoms with E-state index < -0.39 is 23.6 Å². The Morgan fingerprint density at radius 1 is 1.11 bits per heavy atom. The summed E-state index contributed by atoms with van der Waals surface area (Å²) >= 11 is 5.82. The van der Waals surface area contributed by atoms with E-state index in [1.54, 1.807) is 24.3 Å². The predicted molar refractivity (Wildman–Crippen MR) is 100 cm³/mol. The summed E-state index contributed by atoms with van der Waals surface area (Å²) in [5, 5.41) is 3.33. The average Bonchev–Trinajstić information content (AvgIpc) is 2.68. The van der Waals surface area contributed by atoms with Gasteiger partial charge in [0.25, 0.3) is 5.91 Å². The molecule has 0 bridgehead atoms. The Bertz CT molecular complexity index is 868. The third-order valence-electron chi connectivity index (χ3n) is 4.63. The molecule has 1 aliphatic rings. The lowest BCUT2D eigenvalue weighted by molar-refractivity contribution is -0.137. The van der Waals surface area contributed by atoms with Gasteiger partial charge >= 0.3 is 6.18 Å². The van der Waals surface area contributed by atoms with E-state index in [1.165, 1.54) is 17.0 Å². The van der Waals surface area contributed by atoms with Gasteiger partial charge in [-0.1, -0.05) is 17.7 Å². The molecule has 2 amide bonds. The van der Waals surface area contributed by atoms with E-state index >= 15 is 0 Å². The summed E-state index contributed by atoms with van der Waals surface area (Å²) in [6, 6.07) is 11.0. The van der Waals surface area contributed by atoms with Crippen LogP contribution in [0.5, 0.6) is 0 Å². The van der Waals surface area contributed by atoms with Gasteiger partial charge in [-0.15, -0.1) is 0 Å². The molecule has 1 heterocycles. The molecule has 2 aromatic carbocycles. The van der Waals surface area contributed by atoms with Crippen molar-refractivity contribution < 1.29 is 22.8 Å². The number of hydrogen-bond donors (Lipinski definition) is 1. The number of likely N-dealkylation sites (tertiary alicyclic amines) is 1. The summed E-state index contributed by atoms with van der Waals surface area (Å²) in [5.41, 5.74) is -0.309. The number of nitrogens with zero attached hydrogens (tertiary/aromatic N) is 1. The first-order chi connectivity index (χ1) is 13.2. The van der Waals surface area contributed by atoms with Crippen LogP contribution in [0.25, 0.3) is 0 Å². The summed E-state index contributed by atoms with van der Waals surface area (Å²) in [6.45, 7) is 0.564. The summed E-state index contributed by atoms with van der Waals surface area (Å²) in [6.07, 6.45) is -3.31. The number of piperidine rings is 1. The maximum absolute atomic E-state index is 12.9. The number of amides is 2. The van der Waals surface area contributed by atoms with Crippen molar-refractivity contribution in [1.82, 2.24) is 4.90 Å². The Morgan fingerprint density at radius 3 is 2.50 bits per heavy atom. The van der Waals surface area contributed by atoms with Gasteiger partial charge in [0.05, 0.1) is 11.5 Å². The van der Waals surface area contributed by atoms with Crippen LogP contribution in [-0.4, -0.2) is 29.8 Å². The number of hydrogen-bond acceptors (Lipinski definition) is 2. The van der Waals surface area contributed by atoms with Crippen molar-refractivity contribution in [2.75, 3.05) is 18.4 Å². The molecule has 3 rings (SSSR count). The first-order valence-electron chi connectivity index (χ1n) is 8.77. The van der Waals surface area contributed by atoms with Crippen LogP contribution < -0.4 is 5.32 Å². The van der Waals surface area contributed by atoms with Gasteiger partial charge in [-0.2, -0.15) is 13.2 Å². The zero-order valence-electron chi connectivity index (χ0n) is 14.8. The highest BCUT2D eigenvalue weighted by molar-refractivity contribution is 6.30. The minimum absolute atomic E-state index is 0.0337. The number of anilines is 1. The van der Waals surface area contributed by atoms with Crippen molar-refractivity contribution in [3.05, 3.63) is 64.7 Å². The molecule has 0 saturated carbocycles. The first-order valence-corrected chi connectivity index (χ1v) is 9.15. The van der Waals surface area contributed by atoms with E-state index in [-0.39, 0.29) is 18.0 Å². The minimum atomic E-state index is -4.51. The molecule has 1 atom stereocenters. The van der Waals surface area contributed by atoms with Crippen LogP contribution in [0.15, 0.2) is 48.5 Å². The molecule has 0 spiro atoms. The number of halogens is 4. The lowest BCUT2D eigenvalue weighted by atomic mass is 9.96. The Balaban J connectivity index is 1.68. The molecule has 0 aromatic heterocycles. The standard InChI is InChI=1S/C20H18ClF3N2O2/c21-16-6-8-17(9-7-16)25-18(27)14-4-2-10-26(12-14)19(28)13-3-1-5-15(11-13)20(22,23)24/h1,3,5-9,11,14H,2,4,10,12H2,(H,25,27)/t14-/m1/s1. The second-order valence-electron chi connectivity index (χ2n) is 6.67. The number of carbonyl (C=O) groups excluding carboxylic acids is 2. The quantitative estimate of drug-likeness (QED) is 0.786. The summed E-state index contributed by atoms with van der Waals surface area (Å²) < 4.78 is 38.7. The van der Waals surface area contributed by atoms with E-state index in [0.29, 0.717) is 30.1 Å². The van der Waals surface area contributed by atoms with Gasteiger partial charge in [-0.3, -0.25) is 9.59 Å². The monoisotopic (exact) mass is 410 g/mol. The fourth-order valence-corrected chi connectivity index (χ4v) is 3.29. The van der Waals surface area contributed by atoms with E-state index in [4.69, 9.17) is 11.6 Å². The Kier molecular flexibility index (Phi) is 5.93. The lowest BCUT2D eigenvalue weighted by Gasteiger charge is -2.32. The molecule has 1 N–H and O–H groups in total. The van der Waals surface area contributed by atoms with Gasteiger partial charge in [0, 0.05) is 29.4 Å². The molecule has 1 aliphatic heterocycles. The molecule has 0 aliphatic carbocycles. The van der Waals surface area contributed by atoms with Gasteiger partial charge < -0.3 is 10.2 Å². The number of nitrogens with one attached hydrogen (secondary N) is 1. The van der Waals surface area contributed by atoms with Crippen molar-refractivity contribution in [1.29, 1.82) is 0 Å². The van der Waals surface area contributed by atoms with Crippen molar-refractivity contribution in [3.63, 3.8) is 0 Å². The lowest BCUT2D eigenvalue weighted by Crippen LogP contribution is -2.43. The highest BCUT2D eigenvalue weighted by Crippen LogP contribution is 2.30. The van der Waals surface area contributed by atoms with E-state index in [9.17, 15) is 22.8 Å². The molecule has 8 heteroatoms. The zero-order valence-corrected chi connectivity index (χ0v) is 15.6. The van der Waals surface area contributed by atoms with Crippen molar-refractivity contribution in [2.24, 2.45) is 5.92 Å². The Labute approximate surface area is 165 Å². The smallest absolute Gasteiger partial charge is 0.338 e. The molecule has 0 radical (unpaired) electrons. The average molecular weight is 411 g/mol. The Morgan fingerprint density at radius 2 is 1.82 bits per heavy atom. The fraction of sp³-hybridized carbons (Fsp3) is 0.300. The molecular formula is C20H18ClF3N2O2. The van der Waals surface area contributed by atoms with Crippen molar-refractivity contribution >= 4 is 29.1 Å². The molecule has 28 heavy (non-hydrogen) atoms. The maximum atomic E-state index is 12.9. The summed E-state index contributed by atoms with van der Waals surface area (Å²) in [7, 11) is 0. The number of rotatable bonds is 3. The zero-order chi connectivity index (χ0) is 20.3. The SMILES string of the molecule is O=C(Nc1ccc(Cl)cc1)[C@@H]1CCCN(C(=O)c2cccc(C(F)(F)F)c2)C1. The van der Waals surface area contributed by atoms with Crippen LogP contribution in [-0.2, 0) is 11.0 Å². The molecule has 2 aromatic rings. The summed E-state index contributed by atoms with van der Waals surface area (Å²) in [4.78, 5) is 26.6. The van der Waals surface area contributed by atoms with E-state index in [0.717, 1.165) is 12.1 Å². The predicted octanol–water partition coefficient (Wildman–Crippen LogP) is 4.85. The second kappa shape index (κ2) is 8.22. The van der Waals surface area contributed by atoms with Crippen LogP contribution in [0.4, 0.5) is 18.9 Å². The highest BCUT2D eigenvalue weighted by atomic mass is 35.5. The molecular weight excluding hydrogens is 393 g/mol. The summed E-state index contributed by atoms with van der Waals surface area (Å²) in [5.74, 6) is -1.17. The highest BCUT2D eigenvalue weighted by Gasteiger charge is 2.33. The van der Waals surface area contributed by atoms with Gasteiger partial charge in [0.2, 0.25) is 5.91 Å². The second-order valence-corrected chi connectivity index (χ2v) is 7.10. The number of carbonyl (C=O) groups is 2. The first kappa shape index (κ1) is 20.2. The van der Waals surface area contributed by atoms with Crippen molar-refractivity contribution in [3.8, 4) is 0 Å².